The van der Waals surface area contributed by atoms with E-state index >= 15 is 0 Å². The Morgan fingerprint density at radius 3 is 2.50 bits per heavy atom. The quantitative estimate of drug-likeness (QED) is 0.518. The van der Waals surface area contributed by atoms with Gasteiger partial charge in [0.05, 0.1) is 0 Å². The van der Waals surface area contributed by atoms with Crippen molar-refractivity contribution in [2.45, 2.75) is 51.9 Å². The molecule has 100 valence electrons. The van der Waals surface area contributed by atoms with Gasteiger partial charge in [0.25, 0.3) is 0 Å². The van der Waals surface area contributed by atoms with E-state index in [2.05, 4.69) is 56.9 Å². The maximum atomic E-state index is 3.75. The molecule has 0 heterocycles. The molecule has 0 aliphatic rings. The van der Waals surface area contributed by atoms with Crippen molar-refractivity contribution in [1.29, 1.82) is 0 Å². The molecule has 1 nitrogen and oxygen atoms in total. The van der Waals surface area contributed by atoms with Crippen molar-refractivity contribution in [3.63, 3.8) is 0 Å². The molecule has 0 aliphatic heterocycles. The smallest absolute Gasteiger partial charge is 0.0378 e. The van der Waals surface area contributed by atoms with Crippen LogP contribution in [0.1, 0.15) is 52.0 Å². The summed E-state index contributed by atoms with van der Waals surface area (Å²) in [5.41, 5.74) is 2.89. The number of anilines is 1. The van der Waals surface area contributed by atoms with Gasteiger partial charge in [-0.05, 0) is 36.3 Å². The largest absolute Gasteiger partial charge is 0.385 e. The number of allylic oxidation sites excluding steroid dienone is 1. The van der Waals surface area contributed by atoms with Gasteiger partial charge in [-0.1, -0.05) is 51.5 Å². The minimum Gasteiger partial charge on any atom is -0.385 e. The Balaban J connectivity index is 2.45. The molecule has 0 bridgehead atoms. The van der Waals surface area contributed by atoms with Crippen LogP contribution in [-0.2, 0) is 5.41 Å². The Kier molecular flexibility index (Phi) is 5.97. The summed E-state index contributed by atoms with van der Waals surface area (Å²) in [6.07, 6.45) is 6.90. The van der Waals surface area contributed by atoms with Crippen LogP contribution < -0.4 is 5.32 Å². The Labute approximate surface area is 112 Å². The summed E-state index contributed by atoms with van der Waals surface area (Å²) in [5, 5.41) is 3.57. The first kappa shape index (κ1) is 14.8. The van der Waals surface area contributed by atoms with Crippen LogP contribution in [0, 0.1) is 0 Å². The summed E-state index contributed by atoms with van der Waals surface area (Å²) in [6.45, 7) is 11.6. The summed E-state index contributed by atoms with van der Waals surface area (Å²) >= 11 is 0. The van der Waals surface area contributed by atoms with Crippen molar-refractivity contribution in [1.82, 2.24) is 0 Å². The summed E-state index contributed by atoms with van der Waals surface area (Å²) < 4.78 is 0. The SMILES string of the molecule is C=CCCCCCNc1ccccc1C(C)(C)C. The Morgan fingerprint density at radius 1 is 1.11 bits per heavy atom. The zero-order chi connectivity index (χ0) is 13.4. The number of nitrogens with one attached hydrogen (secondary N) is 1. The van der Waals surface area contributed by atoms with E-state index < -0.39 is 0 Å². The summed E-state index contributed by atoms with van der Waals surface area (Å²) in [5.74, 6) is 0. The average molecular weight is 245 g/mol. The Morgan fingerprint density at radius 2 is 1.83 bits per heavy atom. The molecule has 0 saturated carbocycles. The third-order valence-corrected chi connectivity index (χ3v) is 3.14. The molecule has 0 atom stereocenters. The maximum absolute atomic E-state index is 3.75. The van der Waals surface area contributed by atoms with Crippen LogP contribution >= 0.6 is 0 Å². The molecule has 0 fully saturated rings. The van der Waals surface area contributed by atoms with E-state index in [0.717, 1.165) is 13.0 Å². The zero-order valence-electron chi connectivity index (χ0n) is 12.1. The molecule has 1 aromatic rings. The van der Waals surface area contributed by atoms with Gasteiger partial charge in [-0.3, -0.25) is 0 Å². The van der Waals surface area contributed by atoms with Crippen molar-refractivity contribution in [3.8, 4) is 0 Å². The first-order valence-electron chi connectivity index (χ1n) is 7.00. The van der Waals surface area contributed by atoms with E-state index in [1.807, 2.05) is 6.08 Å². The monoisotopic (exact) mass is 245 g/mol. The molecule has 0 unspecified atom stereocenters. The number of hydrogen-bond acceptors (Lipinski definition) is 1. The van der Waals surface area contributed by atoms with E-state index in [-0.39, 0.29) is 5.41 Å². The van der Waals surface area contributed by atoms with Crippen LogP contribution in [0.3, 0.4) is 0 Å². The zero-order valence-corrected chi connectivity index (χ0v) is 12.1. The van der Waals surface area contributed by atoms with E-state index in [9.17, 15) is 0 Å². The molecule has 1 heteroatoms. The van der Waals surface area contributed by atoms with Gasteiger partial charge < -0.3 is 5.32 Å². The highest BCUT2D eigenvalue weighted by molar-refractivity contribution is 5.54. The highest BCUT2D eigenvalue weighted by Gasteiger charge is 2.16. The first-order valence-corrected chi connectivity index (χ1v) is 7.00. The van der Waals surface area contributed by atoms with Crippen molar-refractivity contribution in [3.05, 3.63) is 42.5 Å². The number of para-hydroxylation sites is 1. The number of unbranched alkanes of at least 4 members (excludes halogenated alkanes) is 3. The average Bonchev–Trinajstić information content (AvgIpc) is 2.33. The predicted molar refractivity (Wildman–Crippen MR) is 82.3 cm³/mol. The van der Waals surface area contributed by atoms with Crippen LogP contribution in [0.4, 0.5) is 5.69 Å². The van der Waals surface area contributed by atoms with E-state index in [4.69, 9.17) is 0 Å². The lowest BCUT2D eigenvalue weighted by Gasteiger charge is -2.23. The summed E-state index contributed by atoms with van der Waals surface area (Å²) in [7, 11) is 0. The summed E-state index contributed by atoms with van der Waals surface area (Å²) in [4.78, 5) is 0. The fourth-order valence-corrected chi connectivity index (χ4v) is 2.10. The second-order valence-corrected chi connectivity index (χ2v) is 5.86. The van der Waals surface area contributed by atoms with Crippen LogP contribution in [0.5, 0.6) is 0 Å². The van der Waals surface area contributed by atoms with Gasteiger partial charge in [-0.2, -0.15) is 0 Å². The van der Waals surface area contributed by atoms with Gasteiger partial charge in [0.2, 0.25) is 0 Å². The van der Waals surface area contributed by atoms with Crippen LogP contribution in [0.2, 0.25) is 0 Å². The lowest BCUT2D eigenvalue weighted by Crippen LogP contribution is -2.15. The molecule has 18 heavy (non-hydrogen) atoms. The van der Waals surface area contributed by atoms with Gasteiger partial charge >= 0.3 is 0 Å². The molecule has 1 rings (SSSR count). The lowest BCUT2D eigenvalue weighted by molar-refractivity contribution is 0.591. The van der Waals surface area contributed by atoms with E-state index in [0.29, 0.717) is 0 Å². The van der Waals surface area contributed by atoms with Gasteiger partial charge in [-0.15, -0.1) is 6.58 Å². The Hall–Kier alpha value is -1.24. The Bertz CT molecular complexity index is 360. The van der Waals surface area contributed by atoms with Gasteiger partial charge in [0, 0.05) is 12.2 Å². The molecule has 1 N–H and O–H groups in total. The maximum Gasteiger partial charge on any atom is 0.0378 e. The van der Waals surface area contributed by atoms with Crippen molar-refractivity contribution < 1.29 is 0 Å². The minimum atomic E-state index is 0.201. The fraction of sp³-hybridized carbons (Fsp3) is 0.529. The van der Waals surface area contributed by atoms with E-state index in [1.54, 1.807) is 0 Å². The second-order valence-electron chi connectivity index (χ2n) is 5.86. The number of benzene rings is 1. The third kappa shape index (κ3) is 4.95. The third-order valence-electron chi connectivity index (χ3n) is 3.14. The molecule has 1 aromatic carbocycles. The van der Waals surface area contributed by atoms with E-state index in [1.165, 1.54) is 30.5 Å². The van der Waals surface area contributed by atoms with Gasteiger partial charge in [0.1, 0.15) is 0 Å². The highest BCUT2D eigenvalue weighted by Crippen LogP contribution is 2.29. The van der Waals surface area contributed by atoms with Crippen molar-refractivity contribution in [2.24, 2.45) is 0 Å². The molecule has 0 radical (unpaired) electrons. The highest BCUT2D eigenvalue weighted by atomic mass is 14.9. The van der Waals surface area contributed by atoms with Crippen LogP contribution in [0.15, 0.2) is 36.9 Å². The molecule has 0 amide bonds. The van der Waals surface area contributed by atoms with Gasteiger partial charge in [0.15, 0.2) is 0 Å². The fourth-order valence-electron chi connectivity index (χ4n) is 2.10. The number of rotatable bonds is 7. The topological polar surface area (TPSA) is 12.0 Å². The van der Waals surface area contributed by atoms with Crippen molar-refractivity contribution >= 4 is 5.69 Å². The molecule has 0 spiro atoms. The summed E-state index contributed by atoms with van der Waals surface area (Å²) in [6, 6.07) is 8.63. The minimum absolute atomic E-state index is 0.201. The van der Waals surface area contributed by atoms with Gasteiger partial charge in [-0.25, -0.2) is 0 Å². The molecule has 0 saturated heterocycles. The molecule has 0 aromatic heterocycles. The lowest BCUT2D eigenvalue weighted by atomic mass is 9.86. The number of hydrogen-bond donors (Lipinski definition) is 1. The van der Waals surface area contributed by atoms with Crippen LogP contribution in [-0.4, -0.2) is 6.54 Å². The normalized spacial score (nSPS) is 11.3. The molecular formula is C17H27N. The predicted octanol–water partition coefficient (Wildman–Crippen LogP) is 5.14. The standard InChI is InChI=1S/C17H27N/c1-5-6-7-8-11-14-18-16-13-10-9-12-15(16)17(2,3)4/h5,9-10,12-13,18H,1,6-8,11,14H2,2-4H3. The molecule has 0 aliphatic carbocycles. The van der Waals surface area contributed by atoms with Crippen molar-refractivity contribution in [2.75, 3.05) is 11.9 Å². The van der Waals surface area contributed by atoms with Crippen LogP contribution in [0.25, 0.3) is 0 Å². The second kappa shape index (κ2) is 7.25. The molecular weight excluding hydrogens is 218 g/mol. The first-order chi connectivity index (χ1) is 8.55.